The first-order valence-corrected chi connectivity index (χ1v) is 7.79. The van der Waals surface area contributed by atoms with E-state index in [0.717, 1.165) is 13.1 Å². The second kappa shape index (κ2) is 7.24. The third-order valence-corrected chi connectivity index (χ3v) is 4.57. The fourth-order valence-corrected chi connectivity index (χ4v) is 3.13. The Morgan fingerprint density at radius 2 is 2.22 bits per heavy atom. The lowest BCUT2D eigenvalue weighted by Crippen LogP contribution is -2.42. The SMILES string of the molecule is CC(CNCc1cccs1)N1CCCN(C)CC1. The van der Waals surface area contributed by atoms with Gasteiger partial charge in [-0.05, 0) is 44.9 Å². The summed E-state index contributed by atoms with van der Waals surface area (Å²) in [5, 5.41) is 5.72. The van der Waals surface area contributed by atoms with Gasteiger partial charge in [-0.1, -0.05) is 6.07 Å². The molecule has 1 atom stereocenters. The van der Waals surface area contributed by atoms with Crippen LogP contribution in [0.4, 0.5) is 0 Å². The van der Waals surface area contributed by atoms with E-state index >= 15 is 0 Å². The molecule has 2 rings (SSSR count). The smallest absolute Gasteiger partial charge is 0.0300 e. The van der Waals surface area contributed by atoms with E-state index in [1.54, 1.807) is 0 Å². The van der Waals surface area contributed by atoms with Crippen molar-refractivity contribution in [2.24, 2.45) is 0 Å². The first kappa shape index (κ1) is 14.0. The molecule has 3 nitrogen and oxygen atoms in total. The summed E-state index contributed by atoms with van der Waals surface area (Å²) >= 11 is 1.83. The fraction of sp³-hybridized carbons (Fsp3) is 0.714. The number of nitrogens with zero attached hydrogens (tertiary/aromatic N) is 2. The molecule has 0 spiro atoms. The van der Waals surface area contributed by atoms with Gasteiger partial charge in [-0.25, -0.2) is 0 Å². The minimum atomic E-state index is 0.636. The average Bonchev–Trinajstić information content (AvgIpc) is 2.77. The molecule has 1 unspecified atom stereocenters. The second-order valence-corrected chi connectivity index (χ2v) is 6.28. The maximum Gasteiger partial charge on any atom is 0.0300 e. The van der Waals surface area contributed by atoms with Crippen LogP contribution in [0.25, 0.3) is 0 Å². The third-order valence-electron chi connectivity index (χ3n) is 3.70. The summed E-state index contributed by atoms with van der Waals surface area (Å²) in [6, 6.07) is 4.95. The standard InChI is InChI=1S/C14H25N3S/c1-13(11-15-12-14-5-3-10-18-14)17-7-4-6-16(2)8-9-17/h3,5,10,13,15H,4,6-9,11-12H2,1-2H3. The quantitative estimate of drug-likeness (QED) is 0.878. The predicted octanol–water partition coefficient (Wildman–Crippen LogP) is 1.86. The Morgan fingerprint density at radius 1 is 1.33 bits per heavy atom. The van der Waals surface area contributed by atoms with Gasteiger partial charge in [0.1, 0.15) is 0 Å². The molecule has 1 N–H and O–H groups in total. The number of likely N-dealkylation sites (N-methyl/N-ethyl adjacent to an activating group) is 1. The van der Waals surface area contributed by atoms with Gasteiger partial charge in [-0.3, -0.25) is 4.90 Å². The van der Waals surface area contributed by atoms with E-state index in [4.69, 9.17) is 0 Å². The van der Waals surface area contributed by atoms with Crippen LogP contribution in [0.5, 0.6) is 0 Å². The molecule has 1 saturated heterocycles. The molecule has 1 aliphatic heterocycles. The van der Waals surface area contributed by atoms with Crippen LogP contribution in [-0.2, 0) is 6.54 Å². The average molecular weight is 267 g/mol. The minimum Gasteiger partial charge on any atom is -0.310 e. The molecule has 0 bridgehead atoms. The van der Waals surface area contributed by atoms with E-state index in [-0.39, 0.29) is 0 Å². The zero-order valence-corrected chi connectivity index (χ0v) is 12.4. The Labute approximate surface area is 115 Å². The number of thiophene rings is 1. The first-order valence-electron chi connectivity index (χ1n) is 6.91. The van der Waals surface area contributed by atoms with Crippen LogP contribution in [0, 0.1) is 0 Å². The van der Waals surface area contributed by atoms with Gasteiger partial charge in [0, 0.05) is 37.1 Å². The van der Waals surface area contributed by atoms with Crippen LogP contribution in [0.15, 0.2) is 17.5 Å². The largest absolute Gasteiger partial charge is 0.310 e. The summed E-state index contributed by atoms with van der Waals surface area (Å²) in [5.41, 5.74) is 0. The number of hydrogen-bond donors (Lipinski definition) is 1. The Morgan fingerprint density at radius 3 is 3.00 bits per heavy atom. The molecule has 0 aromatic carbocycles. The van der Waals surface area contributed by atoms with Crippen molar-refractivity contribution in [3.05, 3.63) is 22.4 Å². The molecule has 0 saturated carbocycles. The van der Waals surface area contributed by atoms with Crippen molar-refractivity contribution in [1.82, 2.24) is 15.1 Å². The van der Waals surface area contributed by atoms with Crippen LogP contribution < -0.4 is 5.32 Å². The van der Waals surface area contributed by atoms with E-state index in [9.17, 15) is 0 Å². The normalized spacial score (nSPS) is 20.8. The van der Waals surface area contributed by atoms with Gasteiger partial charge in [-0.15, -0.1) is 11.3 Å². The van der Waals surface area contributed by atoms with E-state index in [0.29, 0.717) is 6.04 Å². The van der Waals surface area contributed by atoms with E-state index in [2.05, 4.69) is 46.6 Å². The zero-order chi connectivity index (χ0) is 12.8. The first-order chi connectivity index (χ1) is 8.75. The van der Waals surface area contributed by atoms with Gasteiger partial charge < -0.3 is 10.2 Å². The highest BCUT2D eigenvalue weighted by Gasteiger charge is 2.16. The molecule has 18 heavy (non-hydrogen) atoms. The van der Waals surface area contributed by atoms with Crippen LogP contribution >= 0.6 is 11.3 Å². The minimum absolute atomic E-state index is 0.636. The topological polar surface area (TPSA) is 18.5 Å². The Kier molecular flexibility index (Phi) is 5.63. The summed E-state index contributed by atoms with van der Waals surface area (Å²) in [6.07, 6.45) is 1.30. The van der Waals surface area contributed by atoms with Gasteiger partial charge in [0.15, 0.2) is 0 Å². The monoisotopic (exact) mass is 267 g/mol. The van der Waals surface area contributed by atoms with Crippen molar-refractivity contribution in [2.75, 3.05) is 39.8 Å². The van der Waals surface area contributed by atoms with Crippen molar-refractivity contribution < 1.29 is 0 Å². The Hall–Kier alpha value is -0.420. The van der Waals surface area contributed by atoms with Crippen LogP contribution in [0.1, 0.15) is 18.2 Å². The van der Waals surface area contributed by atoms with Crippen LogP contribution in [0.3, 0.4) is 0 Å². The van der Waals surface area contributed by atoms with Crippen molar-refractivity contribution in [3.8, 4) is 0 Å². The van der Waals surface area contributed by atoms with E-state index in [1.165, 1.54) is 37.5 Å². The zero-order valence-electron chi connectivity index (χ0n) is 11.6. The highest BCUT2D eigenvalue weighted by molar-refractivity contribution is 7.09. The highest BCUT2D eigenvalue weighted by Crippen LogP contribution is 2.08. The van der Waals surface area contributed by atoms with Crippen molar-refractivity contribution >= 4 is 11.3 Å². The molecule has 0 amide bonds. The van der Waals surface area contributed by atoms with Crippen LogP contribution in [0.2, 0.25) is 0 Å². The maximum atomic E-state index is 3.57. The lowest BCUT2D eigenvalue weighted by atomic mass is 10.2. The van der Waals surface area contributed by atoms with Crippen molar-refractivity contribution in [3.63, 3.8) is 0 Å². The summed E-state index contributed by atoms with van der Waals surface area (Å²) in [4.78, 5) is 6.48. The molecular formula is C14H25N3S. The Bertz CT molecular complexity index is 326. The molecule has 1 aromatic rings. The molecule has 102 valence electrons. The molecule has 2 heterocycles. The van der Waals surface area contributed by atoms with Gasteiger partial charge in [0.05, 0.1) is 0 Å². The molecule has 4 heteroatoms. The molecule has 0 aliphatic carbocycles. The fourth-order valence-electron chi connectivity index (χ4n) is 2.45. The van der Waals surface area contributed by atoms with E-state index in [1.807, 2.05) is 11.3 Å². The summed E-state index contributed by atoms with van der Waals surface area (Å²) in [6.45, 7) is 9.33. The van der Waals surface area contributed by atoms with Gasteiger partial charge in [0.25, 0.3) is 0 Å². The molecule has 1 aromatic heterocycles. The van der Waals surface area contributed by atoms with E-state index < -0.39 is 0 Å². The number of rotatable bonds is 5. The lowest BCUT2D eigenvalue weighted by molar-refractivity contribution is 0.210. The van der Waals surface area contributed by atoms with Gasteiger partial charge in [0.2, 0.25) is 0 Å². The molecule has 1 fully saturated rings. The Balaban J connectivity index is 1.68. The predicted molar refractivity (Wildman–Crippen MR) is 79.2 cm³/mol. The molecular weight excluding hydrogens is 242 g/mol. The summed E-state index contributed by atoms with van der Waals surface area (Å²) < 4.78 is 0. The third kappa shape index (κ3) is 4.35. The molecule has 1 aliphatic rings. The van der Waals surface area contributed by atoms with Crippen molar-refractivity contribution in [2.45, 2.75) is 25.9 Å². The molecule has 0 radical (unpaired) electrons. The summed E-state index contributed by atoms with van der Waals surface area (Å²) in [7, 11) is 2.23. The second-order valence-electron chi connectivity index (χ2n) is 5.25. The van der Waals surface area contributed by atoms with Gasteiger partial charge >= 0.3 is 0 Å². The maximum absolute atomic E-state index is 3.57. The lowest BCUT2D eigenvalue weighted by Gasteiger charge is -2.27. The highest BCUT2D eigenvalue weighted by atomic mass is 32.1. The van der Waals surface area contributed by atoms with Gasteiger partial charge in [-0.2, -0.15) is 0 Å². The number of nitrogens with one attached hydrogen (secondary N) is 1. The van der Waals surface area contributed by atoms with Crippen molar-refractivity contribution in [1.29, 1.82) is 0 Å². The summed E-state index contributed by atoms with van der Waals surface area (Å²) in [5.74, 6) is 0. The van der Waals surface area contributed by atoms with Crippen LogP contribution in [-0.4, -0.2) is 55.6 Å². The number of hydrogen-bond acceptors (Lipinski definition) is 4.